The molecule has 40 valence electrons. The van der Waals surface area contributed by atoms with Crippen molar-refractivity contribution < 1.29 is 4.79 Å². The largest absolute Gasteiger partial charge is 0.301 e. The van der Waals surface area contributed by atoms with Gasteiger partial charge in [0, 0.05) is 5.92 Å². The molecule has 0 saturated heterocycles. The maximum absolute atomic E-state index is 10.6. The van der Waals surface area contributed by atoms with Crippen molar-refractivity contribution in [2.45, 2.75) is 19.6 Å². The van der Waals surface area contributed by atoms with Gasteiger partial charge in [-0.1, -0.05) is 19.6 Å². The Kier molecular flexibility index (Phi) is 2.88. The van der Waals surface area contributed by atoms with Gasteiger partial charge in [-0.2, -0.15) is 0 Å². The molecule has 0 saturated carbocycles. The summed E-state index contributed by atoms with van der Waals surface area (Å²) in [6.45, 7) is 3.55. The van der Waals surface area contributed by atoms with Crippen LogP contribution in [-0.4, -0.2) is 21.5 Å². The van der Waals surface area contributed by atoms with Crippen LogP contribution in [0.25, 0.3) is 0 Å². The molecule has 0 aromatic rings. The van der Waals surface area contributed by atoms with Crippen LogP contribution in [0.15, 0.2) is 0 Å². The van der Waals surface area contributed by atoms with Gasteiger partial charge in [-0.25, -0.2) is 0 Å². The van der Waals surface area contributed by atoms with Crippen molar-refractivity contribution in [3.63, 3.8) is 0 Å². The summed E-state index contributed by atoms with van der Waals surface area (Å²) in [5.41, 5.74) is -0.796. The Hall–Kier alpha value is -0.200. The van der Waals surface area contributed by atoms with Crippen molar-refractivity contribution in [3.8, 4) is 0 Å². The first-order valence-electron chi connectivity index (χ1n) is 2.60. The number of carbonyl (C=O) groups is 1. The third-order valence-electron chi connectivity index (χ3n) is 0.898. The highest BCUT2D eigenvalue weighted by molar-refractivity contribution is 6.46. The highest BCUT2D eigenvalue weighted by Gasteiger charge is 2.09. The van der Waals surface area contributed by atoms with E-state index in [9.17, 15) is 4.79 Å². The van der Waals surface area contributed by atoms with Crippen LogP contribution in [0.4, 0.5) is 0 Å². The highest BCUT2D eigenvalue weighted by atomic mass is 16.1. The van der Waals surface area contributed by atoms with E-state index < -0.39 is 5.72 Å². The summed E-state index contributed by atoms with van der Waals surface area (Å²) in [5.74, 6) is -0.139. The van der Waals surface area contributed by atoms with Gasteiger partial charge in [-0.3, -0.25) is 0 Å². The van der Waals surface area contributed by atoms with Crippen molar-refractivity contribution in [1.82, 2.24) is 0 Å². The van der Waals surface area contributed by atoms with Gasteiger partial charge < -0.3 is 4.79 Å². The average molecular weight is 106 g/mol. The maximum Gasteiger partial charge on any atom is 0.121 e. The molecular weight excluding hydrogens is 97.7 g/mol. The van der Waals surface area contributed by atoms with Crippen molar-refractivity contribution in [2.24, 2.45) is 5.92 Å². The molecule has 0 rings (SSSR count). The van der Waals surface area contributed by atoms with Crippen LogP contribution in [0.2, 0.25) is 5.72 Å². The minimum Gasteiger partial charge on any atom is -0.301 e. The number of hydrogen-bond donors (Lipinski definition) is 0. The van der Waals surface area contributed by atoms with E-state index in [0.29, 0.717) is 0 Å². The SMILES string of the molecule is [B]C([B])C(=O)C(C)C. The predicted octanol–water partition coefficient (Wildman–Crippen LogP) is 0.294. The zero-order chi connectivity index (χ0) is 6.73. The molecule has 0 aliphatic carbocycles. The van der Waals surface area contributed by atoms with Gasteiger partial charge in [0.2, 0.25) is 0 Å². The second-order valence-electron chi connectivity index (χ2n) is 2.08. The molecule has 1 nitrogen and oxygen atoms in total. The molecule has 0 aliphatic rings. The Morgan fingerprint density at radius 1 is 1.38 bits per heavy atom. The summed E-state index contributed by atoms with van der Waals surface area (Å²) >= 11 is 0. The van der Waals surface area contributed by atoms with Crippen LogP contribution in [-0.2, 0) is 4.79 Å². The molecule has 0 unspecified atom stereocenters. The summed E-state index contributed by atoms with van der Waals surface area (Å²) in [6.07, 6.45) is 0. The maximum atomic E-state index is 10.6. The topological polar surface area (TPSA) is 17.1 Å². The van der Waals surface area contributed by atoms with Crippen molar-refractivity contribution >= 4 is 21.5 Å². The van der Waals surface area contributed by atoms with E-state index >= 15 is 0 Å². The monoisotopic (exact) mass is 106 g/mol. The zero-order valence-electron chi connectivity index (χ0n) is 5.22. The Bertz CT molecular complexity index is 78.4. The number of Topliss-reactive ketones (excluding diaryl/α,β-unsaturated/α-hetero) is 1. The molecule has 0 amide bonds. The molecule has 8 heavy (non-hydrogen) atoms. The quantitative estimate of drug-likeness (QED) is 0.462. The molecule has 0 bridgehead atoms. The normalized spacial score (nSPS) is 10.5. The minimum absolute atomic E-state index is 0.0463. The van der Waals surface area contributed by atoms with Gasteiger partial charge in [-0.05, 0) is 0 Å². The van der Waals surface area contributed by atoms with E-state index in [1.165, 1.54) is 0 Å². The Labute approximate surface area is 52.7 Å². The van der Waals surface area contributed by atoms with E-state index in [1.807, 2.05) is 0 Å². The fourth-order valence-electron chi connectivity index (χ4n) is 0.385. The van der Waals surface area contributed by atoms with Crippen LogP contribution >= 0.6 is 0 Å². The fourth-order valence-corrected chi connectivity index (χ4v) is 0.385. The third kappa shape index (κ3) is 2.20. The van der Waals surface area contributed by atoms with Gasteiger partial charge in [0.05, 0.1) is 15.7 Å². The van der Waals surface area contributed by atoms with Crippen LogP contribution in [0.1, 0.15) is 13.8 Å². The van der Waals surface area contributed by atoms with E-state index in [4.69, 9.17) is 15.7 Å². The zero-order valence-corrected chi connectivity index (χ0v) is 5.22. The highest BCUT2D eigenvalue weighted by Crippen LogP contribution is 2.03. The summed E-state index contributed by atoms with van der Waals surface area (Å²) in [7, 11) is 10.1. The van der Waals surface area contributed by atoms with Gasteiger partial charge in [0.15, 0.2) is 0 Å². The fraction of sp³-hybridized carbons (Fsp3) is 0.800. The number of carbonyl (C=O) groups excluding carboxylic acids is 1. The number of rotatable bonds is 2. The van der Waals surface area contributed by atoms with Gasteiger partial charge in [0.1, 0.15) is 5.78 Å². The van der Waals surface area contributed by atoms with Crippen LogP contribution in [0.5, 0.6) is 0 Å². The van der Waals surface area contributed by atoms with Crippen LogP contribution < -0.4 is 0 Å². The van der Waals surface area contributed by atoms with Crippen molar-refractivity contribution in [1.29, 1.82) is 0 Å². The molecule has 0 atom stereocenters. The minimum atomic E-state index is -0.796. The molecule has 0 heterocycles. The molecule has 0 spiro atoms. The second kappa shape index (κ2) is 2.95. The Morgan fingerprint density at radius 2 is 1.75 bits per heavy atom. The summed E-state index contributed by atoms with van der Waals surface area (Å²) in [5, 5.41) is 0. The molecule has 0 aromatic heterocycles. The van der Waals surface area contributed by atoms with Gasteiger partial charge in [-0.15, -0.1) is 0 Å². The van der Waals surface area contributed by atoms with Crippen molar-refractivity contribution in [2.75, 3.05) is 0 Å². The second-order valence-corrected chi connectivity index (χ2v) is 2.08. The lowest BCUT2D eigenvalue weighted by Crippen LogP contribution is -2.14. The average Bonchev–Trinajstić information content (AvgIpc) is 1.64. The van der Waals surface area contributed by atoms with E-state index in [-0.39, 0.29) is 11.7 Å². The third-order valence-corrected chi connectivity index (χ3v) is 0.898. The summed E-state index contributed by atoms with van der Waals surface area (Å²) in [6, 6.07) is 0. The van der Waals surface area contributed by atoms with Crippen LogP contribution in [0.3, 0.4) is 0 Å². The van der Waals surface area contributed by atoms with Gasteiger partial charge in [0.25, 0.3) is 0 Å². The first-order chi connectivity index (χ1) is 3.55. The van der Waals surface area contributed by atoms with E-state index in [0.717, 1.165) is 0 Å². The lowest BCUT2D eigenvalue weighted by molar-refractivity contribution is -0.120. The predicted molar refractivity (Wildman–Crippen MR) is 35.1 cm³/mol. The van der Waals surface area contributed by atoms with Crippen LogP contribution in [0, 0.1) is 5.92 Å². The lowest BCUT2D eigenvalue weighted by atomic mass is 9.66. The molecular formula is C5H8B2O. The lowest BCUT2D eigenvalue weighted by Gasteiger charge is -2.05. The number of hydrogen-bond acceptors (Lipinski definition) is 1. The molecule has 3 heteroatoms. The molecule has 0 aromatic carbocycles. The molecule has 0 aliphatic heterocycles. The first-order valence-corrected chi connectivity index (χ1v) is 2.60. The van der Waals surface area contributed by atoms with E-state index in [1.54, 1.807) is 13.8 Å². The summed E-state index contributed by atoms with van der Waals surface area (Å²) in [4.78, 5) is 10.6. The van der Waals surface area contributed by atoms with Gasteiger partial charge >= 0.3 is 0 Å². The molecule has 0 N–H and O–H groups in total. The van der Waals surface area contributed by atoms with E-state index in [2.05, 4.69) is 0 Å². The first kappa shape index (κ1) is 7.80. The Morgan fingerprint density at radius 3 is 1.75 bits per heavy atom. The Balaban J connectivity index is 3.65. The number of ketones is 1. The summed E-state index contributed by atoms with van der Waals surface area (Å²) < 4.78 is 0. The smallest absolute Gasteiger partial charge is 0.121 e. The molecule has 0 fully saturated rings. The van der Waals surface area contributed by atoms with Crippen molar-refractivity contribution in [3.05, 3.63) is 0 Å². The molecule has 4 radical (unpaired) electrons. The standard InChI is InChI=1S/C5H8B2O/c1-3(2)4(8)5(6)7/h3,5H,1-2H3.